The summed E-state index contributed by atoms with van der Waals surface area (Å²) in [5.74, 6) is 0.762. The fraction of sp³-hybridized carbons (Fsp3) is 0.538. The predicted octanol–water partition coefficient (Wildman–Crippen LogP) is 1.88. The molecule has 6 nitrogen and oxygen atoms in total. The average Bonchev–Trinajstić information content (AvgIpc) is 2.92. The minimum Gasteiger partial charge on any atom is -0.465 e. The third kappa shape index (κ3) is 4.40. The first kappa shape index (κ1) is 13.6. The van der Waals surface area contributed by atoms with E-state index in [2.05, 4.69) is 36.2 Å². The predicted molar refractivity (Wildman–Crippen MR) is 70.6 cm³/mol. The van der Waals surface area contributed by atoms with E-state index in [-0.39, 0.29) is 5.54 Å². The summed E-state index contributed by atoms with van der Waals surface area (Å²) in [5, 5.41) is 7.43. The molecule has 0 aliphatic rings. The van der Waals surface area contributed by atoms with E-state index >= 15 is 0 Å². The van der Waals surface area contributed by atoms with E-state index in [0.717, 1.165) is 17.9 Å². The smallest absolute Gasteiger partial charge is 0.335 e. The van der Waals surface area contributed by atoms with Crippen LogP contribution in [0.5, 0.6) is 6.01 Å². The molecule has 2 aromatic rings. The van der Waals surface area contributed by atoms with Crippen molar-refractivity contribution in [3.8, 4) is 6.01 Å². The van der Waals surface area contributed by atoms with Gasteiger partial charge in [0.2, 0.25) is 0 Å². The number of rotatable bonds is 5. The molecular formula is C13H20N4O2. The molecule has 0 atom stereocenters. The summed E-state index contributed by atoms with van der Waals surface area (Å²) in [4.78, 5) is 3.98. The topological polar surface area (TPSA) is 65.1 Å². The Morgan fingerprint density at radius 2 is 2.21 bits per heavy atom. The number of aromatic nitrogens is 3. The van der Waals surface area contributed by atoms with Gasteiger partial charge < -0.3 is 14.5 Å². The number of nitrogens with zero attached hydrogens (tertiary/aromatic N) is 3. The third-order valence-electron chi connectivity index (χ3n) is 2.45. The van der Waals surface area contributed by atoms with Crippen LogP contribution in [0.25, 0.3) is 0 Å². The van der Waals surface area contributed by atoms with Gasteiger partial charge in [0.15, 0.2) is 0 Å². The highest BCUT2D eigenvalue weighted by Crippen LogP contribution is 2.11. The van der Waals surface area contributed by atoms with Crippen LogP contribution < -0.4 is 10.1 Å². The zero-order valence-electron chi connectivity index (χ0n) is 11.8. The van der Waals surface area contributed by atoms with Gasteiger partial charge in [0.1, 0.15) is 18.7 Å². The van der Waals surface area contributed by atoms with Gasteiger partial charge in [-0.25, -0.2) is 0 Å². The van der Waals surface area contributed by atoms with E-state index in [1.165, 1.54) is 0 Å². The molecule has 2 aromatic heterocycles. The summed E-state index contributed by atoms with van der Waals surface area (Å²) in [6.07, 6.45) is 3.33. The molecule has 2 rings (SSSR count). The fourth-order valence-electron chi connectivity index (χ4n) is 1.48. The summed E-state index contributed by atoms with van der Waals surface area (Å²) >= 11 is 0. The van der Waals surface area contributed by atoms with Crippen LogP contribution in [0, 0.1) is 0 Å². The molecule has 2 heterocycles. The van der Waals surface area contributed by atoms with Crippen LogP contribution in [-0.4, -0.2) is 20.3 Å². The average molecular weight is 264 g/mol. The highest BCUT2D eigenvalue weighted by atomic mass is 16.5. The summed E-state index contributed by atoms with van der Waals surface area (Å²) in [6, 6.07) is 2.33. The highest BCUT2D eigenvalue weighted by Gasteiger charge is 2.10. The first-order chi connectivity index (χ1) is 8.92. The lowest BCUT2D eigenvalue weighted by Gasteiger charge is -2.19. The molecule has 19 heavy (non-hydrogen) atoms. The number of hydrogen-bond donors (Lipinski definition) is 1. The van der Waals surface area contributed by atoms with Crippen LogP contribution in [0.15, 0.2) is 23.1 Å². The maximum atomic E-state index is 5.43. The second kappa shape index (κ2) is 5.44. The maximum Gasteiger partial charge on any atom is 0.335 e. The van der Waals surface area contributed by atoms with Crippen LogP contribution in [-0.2, 0) is 20.2 Å². The third-order valence-corrected chi connectivity index (χ3v) is 2.45. The van der Waals surface area contributed by atoms with Crippen molar-refractivity contribution in [3.05, 3.63) is 30.0 Å². The van der Waals surface area contributed by atoms with Gasteiger partial charge in [-0.3, -0.25) is 4.68 Å². The molecule has 0 bridgehead atoms. The Bertz CT molecular complexity index is 525. The zero-order valence-corrected chi connectivity index (χ0v) is 11.8. The lowest BCUT2D eigenvalue weighted by Crippen LogP contribution is -2.34. The molecule has 0 amide bonds. The van der Waals surface area contributed by atoms with Gasteiger partial charge in [-0.2, -0.15) is 4.98 Å². The number of aryl methyl sites for hydroxylation is 1. The quantitative estimate of drug-likeness (QED) is 0.893. The van der Waals surface area contributed by atoms with Crippen molar-refractivity contribution < 1.29 is 9.15 Å². The second-order valence-electron chi connectivity index (χ2n) is 5.51. The van der Waals surface area contributed by atoms with Crippen molar-refractivity contribution in [1.82, 2.24) is 20.1 Å². The molecule has 0 aliphatic carbocycles. The summed E-state index contributed by atoms with van der Waals surface area (Å²) in [5.41, 5.74) is 1.19. The molecule has 0 saturated carbocycles. The number of nitrogens with one attached hydrogen (secondary N) is 1. The molecule has 1 N–H and O–H groups in total. The summed E-state index contributed by atoms with van der Waals surface area (Å²) < 4.78 is 12.4. The zero-order chi connectivity index (χ0) is 13.9. The number of furan rings is 1. The minimum absolute atomic E-state index is 0.0891. The Balaban J connectivity index is 1.84. The van der Waals surface area contributed by atoms with Gasteiger partial charge in [0.25, 0.3) is 0 Å². The molecule has 0 saturated heterocycles. The molecule has 0 unspecified atom stereocenters. The van der Waals surface area contributed by atoms with Gasteiger partial charge in [0, 0.05) is 24.7 Å². The number of ether oxygens (including phenoxy) is 1. The SMILES string of the molecule is Cn1cnc(OCc2cc(CNC(C)(C)C)co2)n1. The first-order valence-corrected chi connectivity index (χ1v) is 6.22. The van der Waals surface area contributed by atoms with Gasteiger partial charge in [0.05, 0.1) is 6.26 Å². The van der Waals surface area contributed by atoms with Crippen LogP contribution in [0.3, 0.4) is 0 Å². The van der Waals surface area contributed by atoms with Crippen LogP contribution in [0.2, 0.25) is 0 Å². The summed E-state index contributed by atoms with van der Waals surface area (Å²) in [6.45, 7) is 7.49. The molecule has 0 fully saturated rings. The lowest BCUT2D eigenvalue weighted by atomic mass is 10.1. The van der Waals surface area contributed by atoms with Gasteiger partial charge >= 0.3 is 6.01 Å². The first-order valence-electron chi connectivity index (χ1n) is 6.22. The molecule has 6 heteroatoms. The maximum absolute atomic E-state index is 5.43. The van der Waals surface area contributed by atoms with Crippen LogP contribution in [0.1, 0.15) is 32.1 Å². The highest BCUT2D eigenvalue weighted by molar-refractivity contribution is 5.12. The van der Waals surface area contributed by atoms with Crippen molar-refractivity contribution in [2.45, 2.75) is 39.5 Å². The Morgan fingerprint density at radius 1 is 1.42 bits per heavy atom. The molecule has 0 radical (unpaired) electrons. The molecule has 0 aromatic carbocycles. The van der Waals surface area contributed by atoms with Crippen molar-refractivity contribution in [1.29, 1.82) is 0 Å². The normalized spacial score (nSPS) is 11.8. The molecule has 0 aliphatic heterocycles. The van der Waals surface area contributed by atoms with Gasteiger partial charge in [-0.1, -0.05) is 0 Å². The van der Waals surface area contributed by atoms with Gasteiger partial charge in [-0.05, 0) is 26.8 Å². The lowest BCUT2D eigenvalue weighted by molar-refractivity contribution is 0.249. The standard InChI is InChI=1S/C13H20N4O2/c1-13(2,3)15-6-10-5-11(18-7-10)8-19-12-14-9-17(4)16-12/h5,7,9,15H,6,8H2,1-4H3. The fourth-order valence-corrected chi connectivity index (χ4v) is 1.48. The Kier molecular flexibility index (Phi) is 3.90. The van der Waals surface area contributed by atoms with Gasteiger partial charge in [-0.15, -0.1) is 5.10 Å². The van der Waals surface area contributed by atoms with Crippen molar-refractivity contribution in [3.63, 3.8) is 0 Å². The Morgan fingerprint density at radius 3 is 2.84 bits per heavy atom. The van der Waals surface area contributed by atoms with Crippen LogP contribution >= 0.6 is 0 Å². The van der Waals surface area contributed by atoms with E-state index in [1.54, 1.807) is 24.3 Å². The van der Waals surface area contributed by atoms with Crippen molar-refractivity contribution in [2.24, 2.45) is 7.05 Å². The van der Waals surface area contributed by atoms with E-state index in [0.29, 0.717) is 12.6 Å². The van der Waals surface area contributed by atoms with E-state index < -0.39 is 0 Å². The van der Waals surface area contributed by atoms with Crippen molar-refractivity contribution in [2.75, 3.05) is 0 Å². The van der Waals surface area contributed by atoms with E-state index in [1.807, 2.05) is 6.07 Å². The monoisotopic (exact) mass is 264 g/mol. The minimum atomic E-state index is 0.0891. The van der Waals surface area contributed by atoms with Crippen molar-refractivity contribution >= 4 is 0 Å². The second-order valence-corrected chi connectivity index (χ2v) is 5.51. The Hall–Kier alpha value is -1.82. The molecule has 0 spiro atoms. The molecule has 104 valence electrons. The Labute approximate surface area is 112 Å². The largest absolute Gasteiger partial charge is 0.465 e. The van der Waals surface area contributed by atoms with Crippen LogP contribution in [0.4, 0.5) is 0 Å². The summed E-state index contributed by atoms with van der Waals surface area (Å²) in [7, 11) is 1.79. The van der Waals surface area contributed by atoms with E-state index in [4.69, 9.17) is 9.15 Å². The number of hydrogen-bond acceptors (Lipinski definition) is 5. The van der Waals surface area contributed by atoms with E-state index in [9.17, 15) is 0 Å². The molecular weight excluding hydrogens is 244 g/mol.